The second-order valence-electron chi connectivity index (χ2n) is 5.74. The molecule has 2 fully saturated rings. The van der Waals surface area contributed by atoms with E-state index in [1.54, 1.807) is 0 Å². The van der Waals surface area contributed by atoms with Gasteiger partial charge in [0, 0.05) is 13.1 Å². The third-order valence-electron chi connectivity index (χ3n) is 4.23. The van der Waals surface area contributed by atoms with Crippen molar-refractivity contribution in [2.75, 3.05) is 19.6 Å². The van der Waals surface area contributed by atoms with Crippen molar-refractivity contribution in [3.05, 3.63) is 0 Å². The maximum absolute atomic E-state index is 12.0. The van der Waals surface area contributed by atoms with Crippen molar-refractivity contribution in [1.29, 1.82) is 0 Å². The van der Waals surface area contributed by atoms with Crippen molar-refractivity contribution in [1.82, 2.24) is 10.6 Å². The van der Waals surface area contributed by atoms with Crippen molar-refractivity contribution >= 4 is 5.91 Å². The fourth-order valence-electron chi connectivity index (χ4n) is 2.93. The lowest BCUT2D eigenvalue weighted by atomic mass is 9.84. The van der Waals surface area contributed by atoms with E-state index >= 15 is 0 Å². The van der Waals surface area contributed by atoms with Crippen LogP contribution in [0.3, 0.4) is 0 Å². The van der Waals surface area contributed by atoms with E-state index in [1.165, 1.54) is 6.42 Å². The lowest BCUT2D eigenvalue weighted by molar-refractivity contribution is -0.127. The molecule has 3 N–H and O–H groups in total. The highest BCUT2D eigenvalue weighted by Crippen LogP contribution is 2.27. The molecule has 17 heavy (non-hydrogen) atoms. The molecule has 1 saturated heterocycles. The molecule has 1 heterocycles. The van der Waals surface area contributed by atoms with Gasteiger partial charge in [0.25, 0.3) is 0 Å². The third-order valence-corrected chi connectivity index (χ3v) is 4.23. The van der Waals surface area contributed by atoms with Crippen LogP contribution < -0.4 is 10.6 Å². The quantitative estimate of drug-likeness (QED) is 0.679. The van der Waals surface area contributed by atoms with E-state index in [1.807, 2.05) is 0 Å². The summed E-state index contributed by atoms with van der Waals surface area (Å²) in [5, 5.41) is 16.5. The molecule has 2 aliphatic rings. The van der Waals surface area contributed by atoms with E-state index in [-0.39, 0.29) is 11.8 Å². The first-order valence-corrected chi connectivity index (χ1v) is 6.81. The van der Waals surface area contributed by atoms with Gasteiger partial charge in [-0.1, -0.05) is 26.2 Å². The highest BCUT2D eigenvalue weighted by Gasteiger charge is 2.33. The summed E-state index contributed by atoms with van der Waals surface area (Å²) in [6, 6.07) is 0. The fraction of sp³-hybridized carbons (Fsp3) is 0.923. The zero-order valence-corrected chi connectivity index (χ0v) is 10.7. The normalized spacial score (nSPS) is 32.4. The SMILES string of the molecule is C[C@@H]1CNC[C@H]1C(=O)NCC1(O)CCCCC1. The van der Waals surface area contributed by atoms with Crippen LogP contribution in [-0.2, 0) is 4.79 Å². The lowest BCUT2D eigenvalue weighted by Crippen LogP contribution is -2.46. The molecule has 0 aromatic carbocycles. The molecule has 0 radical (unpaired) electrons. The van der Waals surface area contributed by atoms with Gasteiger partial charge in [-0.05, 0) is 25.3 Å². The number of hydrogen-bond acceptors (Lipinski definition) is 3. The Kier molecular flexibility index (Phi) is 4.05. The second-order valence-corrected chi connectivity index (χ2v) is 5.74. The summed E-state index contributed by atoms with van der Waals surface area (Å²) in [5.41, 5.74) is -0.650. The molecule has 0 unspecified atom stereocenters. The maximum atomic E-state index is 12.0. The van der Waals surface area contributed by atoms with Crippen LogP contribution in [0.15, 0.2) is 0 Å². The summed E-state index contributed by atoms with van der Waals surface area (Å²) in [5.74, 6) is 0.569. The Bertz CT molecular complexity index is 275. The van der Waals surface area contributed by atoms with Crippen molar-refractivity contribution in [3.63, 3.8) is 0 Å². The van der Waals surface area contributed by atoms with Gasteiger partial charge in [-0.15, -0.1) is 0 Å². The third kappa shape index (κ3) is 3.19. The molecule has 0 aromatic rings. The number of nitrogens with one attached hydrogen (secondary N) is 2. The van der Waals surface area contributed by atoms with Gasteiger partial charge in [0.2, 0.25) is 5.91 Å². The molecule has 98 valence electrons. The summed E-state index contributed by atoms with van der Waals surface area (Å²) in [7, 11) is 0. The number of carbonyl (C=O) groups excluding carboxylic acids is 1. The Hall–Kier alpha value is -0.610. The largest absolute Gasteiger partial charge is 0.388 e. The van der Waals surface area contributed by atoms with Gasteiger partial charge in [-0.3, -0.25) is 4.79 Å². The monoisotopic (exact) mass is 240 g/mol. The van der Waals surface area contributed by atoms with Gasteiger partial charge in [0.05, 0.1) is 11.5 Å². The molecule has 1 amide bonds. The summed E-state index contributed by atoms with van der Waals surface area (Å²) < 4.78 is 0. The van der Waals surface area contributed by atoms with Crippen LogP contribution in [0.2, 0.25) is 0 Å². The highest BCUT2D eigenvalue weighted by molar-refractivity contribution is 5.79. The summed E-state index contributed by atoms with van der Waals surface area (Å²) in [6.45, 7) is 4.21. The van der Waals surface area contributed by atoms with Crippen LogP contribution in [0, 0.1) is 11.8 Å². The van der Waals surface area contributed by atoms with E-state index in [2.05, 4.69) is 17.6 Å². The molecule has 1 aliphatic carbocycles. The molecule has 2 atom stereocenters. The Morgan fingerprint density at radius 1 is 1.35 bits per heavy atom. The predicted molar refractivity (Wildman–Crippen MR) is 66.6 cm³/mol. The van der Waals surface area contributed by atoms with Gasteiger partial charge in [0.1, 0.15) is 0 Å². The fourth-order valence-corrected chi connectivity index (χ4v) is 2.93. The second kappa shape index (κ2) is 5.36. The van der Waals surface area contributed by atoms with Crippen LogP contribution >= 0.6 is 0 Å². The smallest absolute Gasteiger partial charge is 0.224 e. The minimum Gasteiger partial charge on any atom is -0.388 e. The van der Waals surface area contributed by atoms with Crippen molar-refractivity contribution in [3.8, 4) is 0 Å². The molecule has 4 nitrogen and oxygen atoms in total. The van der Waals surface area contributed by atoms with Crippen LogP contribution in [-0.4, -0.2) is 36.2 Å². The van der Waals surface area contributed by atoms with Crippen molar-refractivity contribution in [2.24, 2.45) is 11.8 Å². The van der Waals surface area contributed by atoms with Gasteiger partial charge in [-0.2, -0.15) is 0 Å². The molecule has 0 bridgehead atoms. The van der Waals surface area contributed by atoms with Crippen molar-refractivity contribution < 1.29 is 9.90 Å². The van der Waals surface area contributed by atoms with E-state index in [0.717, 1.165) is 38.8 Å². The number of amides is 1. The zero-order valence-electron chi connectivity index (χ0n) is 10.7. The summed E-state index contributed by atoms with van der Waals surface area (Å²) in [6.07, 6.45) is 5.01. The molecular weight excluding hydrogens is 216 g/mol. The van der Waals surface area contributed by atoms with Gasteiger partial charge < -0.3 is 15.7 Å². The standard InChI is InChI=1S/C13H24N2O2/c1-10-7-14-8-11(10)12(16)15-9-13(17)5-3-2-4-6-13/h10-11,14,17H,2-9H2,1H3,(H,15,16)/t10-,11-/m1/s1. The minimum atomic E-state index is -0.650. The van der Waals surface area contributed by atoms with Crippen LogP contribution in [0.4, 0.5) is 0 Å². The number of aliphatic hydroxyl groups is 1. The van der Waals surface area contributed by atoms with Crippen LogP contribution in [0.1, 0.15) is 39.0 Å². The lowest BCUT2D eigenvalue weighted by Gasteiger charge is -2.32. The number of carbonyl (C=O) groups is 1. The predicted octanol–water partition coefficient (Wildman–Crippen LogP) is 0.653. The Labute approximate surface area is 103 Å². The average molecular weight is 240 g/mol. The number of hydrogen-bond donors (Lipinski definition) is 3. The molecule has 1 aliphatic heterocycles. The van der Waals surface area contributed by atoms with Crippen LogP contribution in [0.5, 0.6) is 0 Å². The summed E-state index contributed by atoms with van der Waals surface area (Å²) >= 11 is 0. The number of rotatable bonds is 3. The van der Waals surface area contributed by atoms with E-state index < -0.39 is 5.60 Å². The molecule has 1 saturated carbocycles. The van der Waals surface area contributed by atoms with Gasteiger partial charge >= 0.3 is 0 Å². The maximum Gasteiger partial charge on any atom is 0.224 e. The Balaban J connectivity index is 1.79. The Morgan fingerprint density at radius 2 is 2.06 bits per heavy atom. The van der Waals surface area contributed by atoms with Gasteiger partial charge in [0.15, 0.2) is 0 Å². The first-order valence-electron chi connectivity index (χ1n) is 6.81. The van der Waals surface area contributed by atoms with Crippen molar-refractivity contribution in [2.45, 2.75) is 44.6 Å². The molecule has 4 heteroatoms. The molecule has 0 spiro atoms. The first-order chi connectivity index (χ1) is 8.11. The molecule has 2 rings (SSSR count). The minimum absolute atomic E-state index is 0.0715. The molecule has 0 aromatic heterocycles. The summed E-state index contributed by atoms with van der Waals surface area (Å²) in [4.78, 5) is 12.0. The van der Waals surface area contributed by atoms with E-state index in [4.69, 9.17) is 0 Å². The Morgan fingerprint density at radius 3 is 2.65 bits per heavy atom. The van der Waals surface area contributed by atoms with Gasteiger partial charge in [-0.25, -0.2) is 0 Å². The zero-order chi connectivity index (χ0) is 12.3. The first kappa shape index (κ1) is 12.8. The molecular formula is C13H24N2O2. The van der Waals surface area contributed by atoms with Crippen LogP contribution in [0.25, 0.3) is 0 Å². The highest BCUT2D eigenvalue weighted by atomic mass is 16.3. The average Bonchev–Trinajstić information content (AvgIpc) is 2.74. The van der Waals surface area contributed by atoms with E-state index in [0.29, 0.717) is 12.5 Å². The van der Waals surface area contributed by atoms with E-state index in [9.17, 15) is 9.90 Å². The topological polar surface area (TPSA) is 61.4 Å².